The summed E-state index contributed by atoms with van der Waals surface area (Å²) in [7, 11) is -4.15. The third-order valence-corrected chi connectivity index (χ3v) is 5.84. The Balaban J connectivity index is 2.31. The Hall–Kier alpha value is -1.61. The van der Waals surface area contributed by atoms with Crippen LogP contribution in [0, 0.1) is 11.8 Å². The quantitative estimate of drug-likeness (QED) is 0.902. The lowest BCUT2D eigenvalue weighted by atomic mass is 9.96. The molecular formula is C14H16F3NO4S. The third kappa shape index (κ3) is 3.50. The molecule has 9 heteroatoms. The van der Waals surface area contributed by atoms with Crippen molar-refractivity contribution in [3.63, 3.8) is 0 Å². The summed E-state index contributed by atoms with van der Waals surface area (Å²) in [5.74, 6) is -5.64. The van der Waals surface area contributed by atoms with E-state index in [-0.39, 0.29) is 4.90 Å². The van der Waals surface area contributed by atoms with Gasteiger partial charge >= 0.3 is 12.1 Å². The second-order valence-electron chi connectivity index (χ2n) is 5.41. The predicted molar refractivity (Wildman–Crippen MR) is 75.2 cm³/mol. The first-order valence-corrected chi connectivity index (χ1v) is 8.40. The van der Waals surface area contributed by atoms with E-state index in [0.29, 0.717) is 10.7 Å². The fraction of sp³-hybridized carbons (Fsp3) is 0.500. The number of nitrogens with zero attached hydrogens (tertiary/aromatic N) is 1. The molecule has 0 saturated carbocycles. The maximum atomic E-state index is 12.9. The van der Waals surface area contributed by atoms with Crippen molar-refractivity contribution in [3.05, 3.63) is 29.8 Å². The number of aliphatic carboxylic acids is 1. The Morgan fingerprint density at radius 3 is 2.22 bits per heavy atom. The van der Waals surface area contributed by atoms with Crippen molar-refractivity contribution >= 4 is 16.0 Å². The molecule has 0 spiro atoms. The molecule has 1 aromatic carbocycles. The zero-order valence-electron chi connectivity index (χ0n) is 12.2. The summed E-state index contributed by atoms with van der Waals surface area (Å²) in [5, 5.41) is 8.95. The van der Waals surface area contributed by atoms with E-state index in [1.54, 1.807) is 12.1 Å². The minimum Gasteiger partial charge on any atom is -0.481 e. The minimum atomic E-state index is -4.76. The van der Waals surface area contributed by atoms with Crippen molar-refractivity contribution in [2.45, 2.75) is 24.4 Å². The zero-order chi connectivity index (χ0) is 17.4. The predicted octanol–water partition coefficient (Wildman–Crippen LogP) is 2.13. The van der Waals surface area contributed by atoms with E-state index in [9.17, 15) is 26.4 Å². The highest BCUT2D eigenvalue weighted by Gasteiger charge is 2.54. The smallest absolute Gasteiger partial charge is 0.393 e. The van der Waals surface area contributed by atoms with Gasteiger partial charge in [0.2, 0.25) is 10.0 Å². The lowest BCUT2D eigenvalue weighted by Gasteiger charge is -2.18. The number of alkyl halides is 3. The van der Waals surface area contributed by atoms with E-state index in [1.165, 1.54) is 12.1 Å². The average molecular weight is 351 g/mol. The van der Waals surface area contributed by atoms with Gasteiger partial charge in [0.25, 0.3) is 0 Å². The summed E-state index contributed by atoms with van der Waals surface area (Å²) in [5.41, 5.74) is 0.891. The average Bonchev–Trinajstić information content (AvgIpc) is 2.93. The number of sulfonamides is 1. The van der Waals surface area contributed by atoms with Crippen LogP contribution in [0.25, 0.3) is 0 Å². The number of benzene rings is 1. The van der Waals surface area contributed by atoms with Gasteiger partial charge < -0.3 is 5.11 Å². The lowest BCUT2D eigenvalue weighted by molar-refractivity contribution is -0.187. The van der Waals surface area contributed by atoms with Gasteiger partial charge in [-0.25, -0.2) is 8.42 Å². The van der Waals surface area contributed by atoms with Gasteiger partial charge in [0.05, 0.1) is 16.7 Å². The second-order valence-corrected chi connectivity index (χ2v) is 7.35. The number of aryl methyl sites for hydroxylation is 1. The first-order chi connectivity index (χ1) is 10.6. The Kier molecular flexibility index (Phi) is 4.72. The molecule has 0 bridgehead atoms. The topological polar surface area (TPSA) is 74.7 Å². The van der Waals surface area contributed by atoms with Crippen LogP contribution >= 0.6 is 0 Å². The molecule has 1 saturated heterocycles. The van der Waals surface area contributed by atoms with Crippen LogP contribution in [0.3, 0.4) is 0 Å². The number of hydrogen-bond acceptors (Lipinski definition) is 3. The SMILES string of the molecule is CCc1ccc(S(=O)(=O)N2C[C@@H](C(F)(F)F)[C@H](C(=O)O)C2)cc1. The maximum absolute atomic E-state index is 12.9. The summed E-state index contributed by atoms with van der Waals surface area (Å²) in [6, 6.07) is 5.81. The van der Waals surface area contributed by atoms with Crippen LogP contribution < -0.4 is 0 Å². The van der Waals surface area contributed by atoms with Crippen molar-refractivity contribution in [1.29, 1.82) is 0 Å². The highest BCUT2D eigenvalue weighted by molar-refractivity contribution is 7.89. The van der Waals surface area contributed by atoms with E-state index in [1.807, 2.05) is 6.92 Å². The molecule has 0 radical (unpaired) electrons. The normalized spacial score (nSPS) is 23.1. The first kappa shape index (κ1) is 17.7. The highest BCUT2D eigenvalue weighted by atomic mass is 32.2. The monoisotopic (exact) mass is 351 g/mol. The van der Waals surface area contributed by atoms with Crippen molar-refractivity contribution in [2.24, 2.45) is 11.8 Å². The Bertz CT molecular complexity index is 685. The molecule has 1 aliphatic rings. The van der Waals surface area contributed by atoms with E-state index in [2.05, 4.69) is 0 Å². The van der Waals surface area contributed by atoms with Crippen molar-refractivity contribution in [1.82, 2.24) is 4.31 Å². The molecule has 1 fully saturated rings. The van der Waals surface area contributed by atoms with Gasteiger partial charge in [-0.3, -0.25) is 4.79 Å². The van der Waals surface area contributed by atoms with Crippen LogP contribution in [0.5, 0.6) is 0 Å². The molecule has 23 heavy (non-hydrogen) atoms. The molecule has 2 atom stereocenters. The fourth-order valence-corrected chi connectivity index (χ4v) is 4.08. The number of carbonyl (C=O) groups is 1. The second kappa shape index (κ2) is 6.12. The number of halogens is 3. The van der Waals surface area contributed by atoms with E-state index in [0.717, 1.165) is 5.56 Å². The van der Waals surface area contributed by atoms with Crippen LogP contribution in [-0.4, -0.2) is 43.1 Å². The zero-order valence-corrected chi connectivity index (χ0v) is 13.1. The van der Waals surface area contributed by atoms with Gasteiger partial charge in [-0.2, -0.15) is 17.5 Å². The molecular weight excluding hydrogens is 335 g/mol. The summed E-state index contributed by atoms with van der Waals surface area (Å²) in [6.45, 7) is 0.324. The van der Waals surface area contributed by atoms with Gasteiger partial charge in [0.15, 0.2) is 0 Å². The van der Waals surface area contributed by atoms with Gasteiger partial charge in [0.1, 0.15) is 0 Å². The van der Waals surface area contributed by atoms with Crippen molar-refractivity contribution < 1.29 is 31.5 Å². The molecule has 1 aromatic rings. The van der Waals surface area contributed by atoms with E-state index >= 15 is 0 Å². The van der Waals surface area contributed by atoms with Crippen molar-refractivity contribution in [3.8, 4) is 0 Å². The molecule has 1 aliphatic heterocycles. The number of carboxylic acid groups (broad SMARTS) is 1. The molecule has 2 rings (SSSR count). The van der Waals surface area contributed by atoms with Gasteiger partial charge in [-0.15, -0.1) is 0 Å². The van der Waals surface area contributed by atoms with Gasteiger partial charge in [-0.1, -0.05) is 19.1 Å². The van der Waals surface area contributed by atoms with Crippen LogP contribution in [-0.2, 0) is 21.2 Å². The molecule has 0 aromatic heterocycles. The standard InChI is InChI=1S/C14H16F3NO4S/c1-2-9-3-5-10(6-4-9)23(21,22)18-7-11(13(19)20)12(8-18)14(15,16)17/h3-6,11-12H,2,7-8H2,1H3,(H,19,20)/t11-,12-/m1/s1. The Morgan fingerprint density at radius 2 is 1.83 bits per heavy atom. The van der Waals surface area contributed by atoms with Crippen LogP contribution in [0.1, 0.15) is 12.5 Å². The number of rotatable bonds is 4. The molecule has 128 valence electrons. The number of hydrogen-bond donors (Lipinski definition) is 1. The first-order valence-electron chi connectivity index (χ1n) is 6.96. The maximum Gasteiger partial charge on any atom is 0.393 e. The summed E-state index contributed by atoms with van der Waals surface area (Å²) in [4.78, 5) is 10.9. The van der Waals surface area contributed by atoms with E-state index < -0.39 is 47.1 Å². The molecule has 0 unspecified atom stereocenters. The lowest BCUT2D eigenvalue weighted by Crippen LogP contribution is -2.34. The minimum absolute atomic E-state index is 0.137. The summed E-state index contributed by atoms with van der Waals surface area (Å²) >= 11 is 0. The Morgan fingerprint density at radius 1 is 1.26 bits per heavy atom. The molecule has 1 N–H and O–H groups in total. The van der Waals surface area contributed by atoms with Crippen molar-refractivity contribution in [2.75, 3.05) is 13.1 Å². The molecule has 0 amide bonds. The van der Waals surface area contributed by atoms with Gasteiger partial charge in [-0.05, 0) is 24.1 Å². The molecule has 5 nitrogen and oxygen atoms in total. The summed E-state index contributed by atoms with van der Waals surface area (Å²) < 4.78 is 64.3. The molecule has 1 heterocycles. The van der Waals surface area contributed by atoms with Gasteiger partial charge in [0, 0.05) is 13.1 Å². The number of carboxylic acids is 1. The van der Waals surface area contributed by atoms with Crippen LogP contribution in [0.2, 0.25) is 0 Å². The summed E-state index contributed by atoms with van der Waals surface area (Å²) in [6.07, 6.45) is -4.07. The van der Waals surface area contributed by atoms with Crippen LogP contribution in [0.4, 0.5) is 13.2 Å². The van der Waals surface area contributed by atoms with Crippen LogP contribution in [0.15, 0.2) is 29.2 Å². The fourth-order valence-electron chi connectivity index (χ4n) is 2.59. The Labute approximate surface area is 131 Å². The largest absolute Gasteiger partial charge is 0.481 e. The van der Waals surface area contributed by atoms with E-state index in [4.69, 9.17) is 5.11 Å². The highest BCUT2D eigenvalue weighted by Crippen LogP contribution is 2.39. The third-order valence-electron chi connectivity index (χ3n) is 3.99. The molecule has 0 aliphatic carbocycles.